The molecule has 0 aromatic heterocycles. The van der Waals surface area contributed by atoms with Gasteiger partial charge in [-0.1, -0.05) is 41.9 Å². The number of amides is 1. The average molecular weight is 319 g/mol. The average Bonchev–Trinajstić information content (AvgIpc) is 2.47. The number of nitrogens with zero attached hydrogens (tertiary/aromatic N) is 1. The van der Waals surface area contributed by atoms with Crippen LogP contribution < -0.4 is 5.32 Å². The molecule has 5 nitrogen and oxygen atoms in total. The first-order valence-electron chi connectivity index (χ1n) is 6.74. The Morgan fingerprint density at radius 1 is 1.27 bits per heavy atom. The fourth-order valence-electron chi connectivity index (χ4n) is 2.16. The molecule has 0 fully saturated rings. The number of rotatable bonds is 5. The van der Waals surface area contributed by atoms with Crippen LogP contribution in [0.25, 0.3) is 0 Å². The lowest BCUT2D eigenvalue weighted by Gasteiger charge is -2.14. The zero-order chi connectivity index (χ0) is 16.1. The molecular formula is C16H15ClN2O3. The molecule has 22 heavy (non-hydrogen) atoms. The lowest BCUT2D eigenvalue weighted by molar-refractivity contribution is -0.385. The zero-order valence-electron chi connectivity index (χ0n) is 12.0. The van der Waals surface area contributed by atoms with Crippen LogP contribution in [-0.4, -0.2) is 10.8 Å². The maximum absolute atomic E-state index is 12.1. The summed E-state index contributed by atoms with van der Waals surface area (Å²) in [5, 5.41) is 14.4. The number of nitro benzene ring substituents is 1. The predicted octanol–water partition coefficient (Wildman–Crippen LogP) is 3.67. The van der Waals surface area contributed by atoms with E-state index in [-0.39, 0.29) is 24.1 Å². The van der Waals surface area contributed by atoms with Gasteiger partial charge in [-0.2, -0.15) is 0 Å². The molecule has 1 atom stereocenters. The molecule has 2 aromatic carbocycles. The molecule has 1 N–H and O–H groups in total. The number of hydrogen-bond acceptors (Lipinski definition) is 3. The second-order valence-corrected chi connectivity index (χ2v) is 5.34. The van der Waals surface area contributed by atoms with E-state index in [4.69, 9.17) is 11.6 Å². The third-order valence-corrected chi connectivity index (χ3v) is 3.50. The van der Waals surface area contributed by atoms with Crippen molar-refractivity contribution in [2.45, 2.75) is 19.4 Å². The van der Waals surface area contributed by atoms with Gasteiger partial charge in [-0.05, 0) is 24.6 Å². The Morgan fingerprint density at radius 2 is 2.00 bits per heavy atom. The van der Waals surface area contributed by atoms with E-state index in [1.54, 1.807) is 30.3 Å². The minimum Gasteiger partial charge on any atom is -0.349 e. The van der Waals surface area contributed by atoms with Crippen LogP contribution in [0.2, 0.25) is 5.02 Å². The molecule has 0 saturated carbocycles. The van der Waals surface area contributed by atoms with Crippen molar-refractivity contribution in [2.24, 2.45) is 0 Å². The van der Waals surface area contributed by atoms with E-state index in [1.165, 1.54) is 6.07 Å². The molecule has 0 bridgehead atoms. The van der Waals surface area contributed by atoms with Crippen molar-refractivity contribution in [3.8, 4) is 0 Å². The van der Waals surface area contributed by atoms with Crippen molar-refractivity contribution in [3.05, 3.63) is 74.8 Å². The Hall–Kier alpha value is -2.40. The van der Waals surface area contributed by atoms with Crippen molar-refractivity contribution in [1.29, 1.82) is 0 Å². The van der Waals surface area contributed by atoms with Crippen molar-refractivity contribution >= 4 is 23.2 Å². The van der Waals surface area contributed by atoms with E-state index in [2.05, 4.69) is 5.32 Å². The maximum atomic E-state index is 12.1. The highest BCUT2D eigenvalue weighted by Gasteiger charge is 2.17. The van der Waals surface area contributed by atoms with Crippen LogP contribution in [0.5, 0.6) is 0 Å². The van der Waals surface area contributed by atoms with Crippen LogP contribution in [0.15, 0.2) is 48.5 Å². The van der Waals surface area contributed by atoms with Gasteiger partial charge in [-0.15, -0.1) is 0 Å². The first kappa shape index (κ1) is 16.0. The van der Waals surface area contributed by atoms with Crippen molar-refractivity contribution in [1.82, 2.24) is 5.32 Å². The third-order valence-electron chi connectivity index (χ3n) is 3.27. The van der Waals surface area contributed by atoms with E-state index in [0.717, 1.165) is 5.56 Å². The molecule has 0 heterocycles. The van der Waals surface area contributed by atoms with Crippen LogP contribution in [-0.2, 0) is 11.2 Å². The minimum absolute atomic E-state index is 0.0396. The summed E-state index contributed by atoms with van der Waals surface area (Å²) in [7, 11) is 0. The Kier molecular flexibility index (Phi) is 5.12. The Balaban J connectivity index is 2.06. The molecule has 0 aliphatic heterocycles. The van der Waals surface area contributed by atoms with Crippen molar-refractivity contribution in [2.75, 3.05) is 0 Å². The van der Waals surface area contributed by atoms with Gasteiger partial charge in [0.05, 0.1) is 17.4 Å². The summed E-state index contributed by atoms with van der Waals surface area (Å²) in [6.07, 6.45) is -0.0396. The Labute approximate surface area is 133 Å². The van der Waals surface area contributed by atoms with E-state index >= 15 is 0 Å². The summed E-state index contributed by atoms with van der Waals surface area (Å²) in [4.78, 5) is 22.5. The number of carbonyl (C=O) groups excluding carboxylic acids is 1. The number of carbonyl (C=O) groups is 1. The number of nitrogens with one attached hydrogen (secondary N) is 1. The molecular weight excluding hydrogens is 304 g/mol. The molecule has 2 aromatic rings. The van der Waals surface area contributed by atoms with Gasteiger partial charge in [0.1, 0.15) is 0 Å². The van der Waals surface area contributed by atoms with Gasteiger partial charge in [-0.25, -0.2) is 0 Å². The fraction of sp³-hybridized carbons (Fsp3) is 0.188. The lowest BCUT2D eigenvalue weighted by Crippen LogP contribution is -2.28. The van der Waals surface area contributed by atoms with E-state index in [9.17, 15) is 14.9 Å². The summed E-state index contributed by atoms with van der Waals surface area (Å²) < 4.78 is 0. The van der Waals surface area contributed by atoms with Crippen molar-refractivity contribution < 1.29 is 9.72 Å². The van der Waals surface area contributed by atoms with Gasteiger partial charge in [0.15, 0.2) is 0 Å². The summed E-state index contributed by atoms with van der Waals surface area (Å²) >= 11 is 5.92. The Morgan fingerprint density at radius 3 is 2.68 bits per heavy atom. The van der Waals surface area contributed by atoms with Crippen LogP contribution in [0.1, 0.15) is 24.1 Å². The Bertz CT molecular complexity index is 703. The van der Waals surface area contributed by atoms with Gasteiger partial charge >= 0.3 is 0 Å². The quantitative estimate of drug-likeness (QED) is 0.675. The van der Waals surface area contributed by atoms with Crippen LogP contribution in [0.3, 0.4) is 0 Å². The van der Waals surface area contributed by atoms with Crippen LogP contribution in [0.4, 0.5) is 5.69 Å². The largest absolute Gasteiger partial charge is 0.349 e. The van der Waals surface area contributed by atoms with Gasteiger partial charge < -0.3 is 5.32 Å². The summed E-state index contributed by atoms with van der Waals surface area (Å²) in [6, 6.07) is 13.2. The fourth-order valence-corrected chi connectivity index (χ4v) is 2.36. The molecule has 0 aliphatic rings. The first-order valence-corrected chi connectivity index (χ1v) is 7.12. The normalized spacial score (nSPS) is 11.7. The SMILES string of the molecule is C[C@H](NC(=O)Cc1ccccc1[N+](=O)[O-])c1cccc(Cl)c1. The zero-order valence-corrected chi connectivity index (χ0v) is 12.7. The number of hydrogen-bond donors (Lipinski definition) is 1. The standard InChI is InChI=1S/C16H15ClN2O3/c1-11(12-6-4-7-14(17)9-12)18-16(20)10-13-5-2-3-8-15(13)19(21)22/h2-9,11H,10H2,1H3,(H,18,20)/t11-/m0/s1. The smallest absolute Gasteiger partial charge is 0.273 e. The van der Waals surface area contributed by atoms with E-state index < -0.39 is 4.92 Å². The number of para-hydroxylation sites is 1. The van der Waals surface area contributed by atoms with Gasteiger partial charge in [0, 0.05) is 16.7 Å². The van der Waals surface area contributed by atoms with E-state index in [1.807, 2.05) is 19.1 Å². The molecule has 1 amide bonds. The lowest BCUT2D eigenvalue weighted by atomic mass is 10.1. The van der Waals surface area contributed by atoms with Crippen LogP contribution in [0, 0.1) is 10.1 Å². The van der Waals surface area contributed by atoms with Gasteiger partial charge in [-0.3, -0.25) is 14.9 Å². The van der Waals surface area contributed by atoms with Crippen LogP contribution >= 0.6 is 11.6 Å². The minimum atomic E-state index is -0.483. The highest BCUT2D eigenvalue weighted by Crippen LogP contribution is 2.20. The molecule has 114 valence electrons. The molecule has 0 saturated heterocycles. The molecule has 0 unspecified atom stereocenters. The second kappa shape index (κ2) is 7.04. The van der Waals surface area contributed by atoms with Gasteiger partial charge in [0.25, 0.3) is 5.69 Å². The highest BCUT2D eigenvalue weighted by atomic mass is 35.5. The molecule has 0 radical (unpaired) electrons. The molecule has 0 spiro atoms. The number of benzene rings is 2. The summed E-state index contributed by atoms with van der Waals surface area (Å²) in [5.74, 6) is -0.276. The monoisotopic (exact) mass is 318 g/mol. The highest BCUT2D eigenvalue weighted by molar-refractivity contribution is 6.30. The summed E-state index contributed by atoms with van der Waals surface area (Å²) in [6.45, 7) is 1.84. The molecule has 0 aliphatic carbocycles. The van der Waals surface area contributed by atoms with Gasteiger partial charge in [0.2, 0.25) is 5.91 Å². The number of halogens is 1. The predicted molar refractivity (Wildman–Crippen MR) is 84.8 cm³/mol. The van der Waals surface area contributed by atoms with E-state index in [0.29, 0.717) is 10.6 Å². The molecule has 2 rings (SSSR count). The third kappa shape index (κ3) is 4.05. The topological polar surface area (TPSA) is 72.2 Å². The second-order valence-electron chi connectivity index (χ2n) is 4.91. The number of nitro groups is 1. The van der Waals surface area contributed by atoms with Crippen molar-refractivity contribution in [3.63, 3.8) is 0 Å². The molecule has 6 heteroatoms. The summed E-state index contributed by atoms with van der Waals surface area (Å²) in [5.41, 5.74) is 1.22. The maximum Gasteiger partial charge on any atom is 0.273 e. The first-order chi connectivity index (χ1) is 10.5.